The maximum absolute atomic E-state index is 12.3. The first-order chi connectivity index (χ1) is 9.86. The van der Waals surface area contributed by atoms with Crippen LogP contribution < -0.4 is 0 Å². The van der Waals surface area contributed by atoms with Crippen LogP contribution in [0.4, 0.5) is 4.79 Å². The minimum atomic E-state index is -0.832. The molecular weight excluding hydrogens is 276 g/mol. The van der Waals surface area contributed by atoms with Crippen molar-refractivity contribution in [3.63, 3.8) is 0 Å². The molecule has 2 amide bonds. The maximum atomic E-state index is 12.3. The van der Waals surface area contributed by atoms with E-state index in [4.69, 9.17) is 4.74 Å². The fraction of sp³-hybridized carbons (Fsp3) is 0.857. The number of hydrogen-bond donors (Lipinski definition) is 2. The van der Waals surface area contributed by atoms with Gasteiger partial charge in [0, 0.05) is 27.2 Å². The average molecular weight is 302 g/mol. The van der Waals surface area contributed by atoms with Crippen molar-refractivity contribution < 1.29 is 24.5 Å². The van der Waals surface area contributed by atoms with Crippen LogP contribution in [0.2, 0.25) is 0 Å². The molecule has 1 aliphatic rings. The summed E-state index contributed by atoms with van der Waals surface area (Å²) in [5, 5.41) is 19.1. The highest BCUT2D eigenvalue weighted by Crippen LogP contribution is 2.35. The van der Waals surface area contributed by atoms with Crippen LogP contribution in [0.15, 0.2) is 0 Å². The molecule has 0 saturated carbocycles. The fourth-order valence-corrected chi connectivity index (χ4v) is 2.88. The molecule has 0 aromatic heterocycles. The molecule has 7 heteroatoms. The van der Waals surface area contributed by atoms with Crippen molar-refractivity contribution in [2.45, 2.75) is 32.3 Å². The number of aliphatic carboxylic acids is 1. The lowest BCUT2D eigenvalue weighted by Crippen LogP contribution is -2.45. The number of likely N-dealkylation sites (N-methyl/N-ethyl adjacent to an activating group) is 1. The van der Waals surface area contributed by atoms with Gasteiger partial charge in [-0.1, -0.05) is 13.3 Å². The molecule has 1 saturated heterocycles. The number of urea groups is 1. The first-order valence-corrected chi connectivity index (χ1v) is 7.26. The summed E-state index contributed by atoms with van der Waals surface area (Å²) in [4.78, 5) is 26.8. The van der Waals surface area contributed by atoms with E-state index in [0.717, 1.165) is 6.42 Å². The summed E-state index contributed by atoms with van der Waals surface area (Å²) in [6.45, 7) is 2.95. The van der Waals surface area contributed by atoms with Crippen LogP contribution in [0.5, 0.6) is 0 Å². The number of aliphatic hydroxyl groups is 1. The molecule has 21 heavy (non-hydrogen) atoms. The molecule has 2 unspecified atom stereocenters. The van der Waals surface area contributed by atoms with Crippen LogP contribution in [0.3, 0.4) is 0 Å². The highest BCUT2D eigenvalue weighted by Gasteiger charge is 2.45. The van der Waals surface area contributed by atoms with E-state index in [9.17, 15) is 19.8 Å². The van der Waals surface area contributed by atoms with Crippen molar-refractivity contribution in [3.05, 3.63) is 0 Å². The zero-order chi connectivity index (χ0) is 16.0. The number of likely N-dealkylation sites (tertiary alicyclic amines) is 1. The van der Waals surface area contributed by atoms with Crippen molar-refractivity contribution in [2.24, 2.45) is 5.41 Å². The molecule has 0 aromatic carbocycles. The number of methoxy groups -OCH3 is 1. The Bertz CT molecular complexity index is 376. The summed E-state index contributed by atoms with van der Waals surface area (Å²) in [5.74, 6) is -0.832. The largest absolute Gasteiger partial charge is 0.481 e. The third kappa shape index (κ3) is 4.31. The quantitative estimate of drug-likeness (QED) is 0.719. The summed E-state index contributed by atoms with van der Waals surface area (Å²) >= 11 is 0. The van der Waals surface area contributed by atoms with E-state index < -0.39 is 17.5 Å². The number of carboxylic acids is 1. The number of rotatable bonds is 7. The fourth-order valence-electron chi connectivity index (χ4n) is 2.88. The van der Waals surface area contributed by atoms with Crippen molar-refractivity contribution in [2.75, 3.05) is 40.4 Å². The Balaban J connectivity index is 2.62. The number of aliphatic hydroxyl groups excluding tert-OH is 1. The number of ether oxygens (including phenoxy) is 1. The number of carbonyl (C=O) groups is 2. The lowest BCUT2D eigenvalue weighted by Gasteiger charge is -2.28. The van der Waals surface area contributed by atoms with Gasteiger partial charge < -0.3 is 24.7 Å². The van der Waals surface area contributed by atoms with Gasteiger partial charge in [0.2, 0.25) is 0 Å². The van der Waals surface area contributed by atoms with E-state index in [-0.39, 0.29) is 25.7 Å². The second-order valence-electron chi connectivity index (χ2n) is 5.78. The van der Waals surface area contributed by atoms with Gasteiger partial charge >= 0.3 is 12.0 Å². The maximum Gasteiger partial charge on any atom is 0.319 e. The lowest BCUT2D eigenvalue weighted by atomic mass is 9.83. The average Bonchev–Trinajstić information content (AvgIpc) is 2.84. The minimum Gasteiger partial charge on any atom is -0.481 e. The van der Waals surface area contributed by atoms with Gasteiger partial charge in [0.1, 0.15) is 0 Å². The predicted molar refractivity (Wildman–Crippen MR) is 77.1 cm³/mol. The lowest BCUT2D eigenvalue weighted by molar-refractivity contribution is -0.148. The Hall–Kier alpha value is -1.34. The number of carboxylic acid groups (broad SMARTS) is 1. The Morgan fingerprint density at radius 2 is 2.14 bits per heavy atom. The molecule has 0 aromatic rings. The molecular formula is C14H26N2O5. The summed E-state index contributed by atoms with van der Waals surface area (Å²) in [6, 6.07) is -0.246. The number of hydrogen-bond acceptors (Lipinski definition) is 4. The SMILES string of the molecule is CCCC1(C(=O)O)CCN(C(=O)N(C)CC(O)COC)C1. The smallest absolute Gasteiger partial charge is 0.319 e. The first-order valence-electron chi connectivity index (χ1n) is 7.26. The van der Waals surface area contributed by atoms with Gasteiger partial charge in [-0.15, -0.1) is 0 Å². The predicted octanol–water partition coefficient (Wildman–Crippen LogP) is 0.622. The number of carbonyl (C=O) groups excluding carboxylic acids is 1. The van der Waals surface area contributed by atoms with E-state index in [1.807, 2.05) is 6.92 Å². The van der Waals surface area contributed by atoms with Crippen LogP contribution in [-0.4, -0.2) is 78.5 Å². The van der Waals surface area contributed by atoms with Crippen LogP contribution in [0.25, 0.3) is 0 Å². The standard InChI is InChI=1S/C14H26N2O5/c1-4-5-14(12(18)19)6-7-16(10-14)13(20)15(2)8-11(17)9-21-3/h11,17H,4-10H2,1-3H3,(H,18,19). The highest BCUT2D eigenvalue weighted by atomic mass is 16.5. The van der Waals surface area contributed by atoms with Gasteiger partial charge in [-0.25, -0.2) is 4.79 Å². The molecule has 2 atom stereocenters. The molecule has 0 radical (unpaired) electrons. The molecule has 1 aliphatic heterocycles. The summed E-state index contributed by atoms with van der Waals surface area (Å²) < 4.78 is 4.83. The zero-order valence-electron chi connectivity index (χ0n) is 13.0. The normalized spacial score (nSPS) is 23.1. The third-order valence-corrected chi connectivity index (χ3v) is 3.98. The molecule has 1 rings (SSSR count). The van der Waals surface area contributed by atoms with Crippen molar-refractivity contribution in [1.29, 1.82) is 0 Å². The molecule has 1 heterocycles. The van der Waals surface area contributed by atoms with Gasteiger partial charge in [0.05, 0.1) is 24.7 Å². The van der Waals surface area contributed by atoms with Gasteiger partial charge in [-0.3, -0.25) is 4.79 Å². The third-order valence-electron chi connectivity index (χ3n) is 3.98. The van der Waals surface area contributed by atoms with Crippen LogP contribution in [0.1, 0.15) is 26.2 Å². The number of nitrogens with zero attached hydrogens (tertiary/aromatic N) is 2. The zero-order valence-corrected chi connectivity index (χ0v) is 13.0. The van der Waals surface area contributed by atoms with E-state index >= 15 is 0 Å². The highest BCUT2D eigenvalue weighted by molar-refractivity contribution is 5.79. The molecule has 2 N–H and O–H groups in total. The second-order valence-corrected chi connectivity index (χ2v) is 5.78. The van der Waals surface area contributed by atoms with E-state index in [1.54, 1.807) is 11.9 Å². The van der Waals surface area contributed by atoms with Crippen molar-refractivity contribution in [1.82, 2.24) is 9.80 Å². The van der Waals surface area contributed by atoms with Crippen molar-refractivity contribution >= 4 is 12.0 Å². The Morgan fingerprint density at radius 1 is 1.48 bits per heavy atom. The number of amides is 2. The molecule has 0 aliphatic carbocycles. The van der Waals surface area contributed by atoms with Gasteiger partial charge in [-0.05, 0) is 12.8 Å². The Morgan fingerprint density at radius 3 is 2.67 bits per heavy atom. The van der Waals surface area contributed by atoms with Crippen LogP contribution in [0, 0.1) is 5.41 Å². The first kappa shape index (κ1) is 17.7. The Labute approximate surface area is 125 Å². The molecule has 0 spiro atoms. The summed E-state index contributed by atoms with van der Waals surface area (Å²) in [5.41, 5.74) is -0.823. The molecule has 0 bridgehead atoms. The Kier molecular flexibility index (Phi) is 6.42. The van der Waals surface area contributed by atoms with Gasteiger partial charge in [0.15, 0.2) is 0 Å². The minimum absolute atomic E-state index is 0.159. The van der Waals surface area contributed by atoms with Crippen LogP contribution in [-0.2, 0) is 9.53 Å². The van der Waals surface area contributed by atoms with Crippen molar-refractivity contribution in [3.8, 4) is 0 Å². The van der Waals surface area contributed by atoms with E-state index in [0.29, 0.717) is 19.4 Å². The second kappa shape index (κ2) is 7.61. The summed E-state index contributed by atoms with van der Waals surface area (Å²) in [7, 11) is 3.08. The molecule has 1 fully saturated rings. The molecule has 122 valence electrons. The van der Waals surface area contributed by atoms with Crippen LogP contribution >= 0.6 is 0 Å². The van der Waals surface area contributed by atoms with Gasteiger partial charge in [0.25, 0.3) is 0 Å². The summed E-state index contributed by atoms with van der Waals surface area (Å²) in [6.07, 6.45) is 1.08. The van der Waals surface area contributed by atoms with E-state index in [1.165, 1.54) is 12.0 Å². The topological polar surface area (TPSA) is 90.3 Å². The van der Waals surface area contributed by atoms with E-state index in [2.05, 4.69) is 0 Å². The van der Waals surface area contributed by atoms with Gasteiger partial charge in [-0.2, -0.15) is 0 Å². The molecule has 7 nitrogen and oxygen atoms in total. The monoisotopic (exact) mass is 302 g/mol.